The average Bonchev–Trinajstić information content (AvgIpc) is 1.69. The molecule has 1 aromatic carbocycles. The zero-order valence-electron chi connectivity index (χ0n) is 5.67. The van der Waals surface area contributed by atoms with Crippen molar-refractivity contribution in [2.45, 2.75) is 0 Å². The molecule has 0 bridgehead atoms. The topological polar surface area (TPSA) is 0 Å². The van der Waals surface area contributed by atoms with Crippen LogP contribution in [-0.4, -0.2) is 0 Å². The Morgan fingerprint density at radius 3 is 1.60 bits per heavy atom. The van der Waals surface area contributed by atoms with E-state index in [-0.39, 0.29) is 98.1 Å². The fourth-order valence-corrected chi connectivity index (χ4v) is 0.387. The second-order valence-electron chi connectivity index (χ2n) is 1.34. The monoisotopic (exact) mass is 356 g/mol. The predicted molar refractivity (Wildman–Crippen MR) is 28.6 cm³/mol. The molecule has 1 aromatic rings. The smallest absolute Gasteiger partial charge is 0 e. The molecular formula is C7H5Y3-3. The molecule has 3 heteroatoms. The molecule has 0 nitrogen and oxygen atoms in total. The molecular weight excluding hydrogens is 351 g/mol. The van der Waals surface area contributed by atoms with Gasteiger partial charge in [0.25, 0.3) is 0 Å². The minimum Gasteiger partial charge on any atom is -0.429 e. The third kappa shape index (κ3) is 8.50. The van der Waals surface area contributed by atoms with Gasteiger partial charge in [-0.25, -0.2) is 0 Å². The molecule has 0 fully saturated rings. The first-order valence-corrected chi connectivity index (χ1v) is 2.09. The Hall–Kier alpha value is 2.40. The van der Waals surface area contributed by atoms with Crippen LogP contribution in [0, 0.1) is 19.1 Å². The minimum atomic E-state index is 0. The Labute approximate surface area is 138 Å². The van der Waals surface area contributed by atoms with Crippen molar-refractivity contribution in [2.24, 2.45) is 0 Å². The average molecular weight is 356 g/mol. The van der Waals surface area contributed by atoms with Crippen LogP contribution in [0.15, 0.2) is 18.2 Å². The van der Waals surface area contributed by atoms with Crippen LogP contribution in [0.4, 0.5) is 0 Å². The van der Waals surface area contributed by atoms with Crippen molar-refractivity contribution < 1.29 is 98.1 Å². The molecule has 0 aliphatic heterocycles. The maximum Gasteiger partial charge on any atom is 0 e. The maximum atomic E-state index is 3.66. The number of benzene rings is 1. The Bertz CT molecular complexity index is 139. The summed E-state index contributed by atoms with van der Waals surface area (Å²) >= 11 is 0. The Balaban J connectivity index is -0.000000163. The summed E-state index contributed by atoms with van der Waals surface area (Å²) in [7, 11) is 0. The Morgan fingerprint density at radius 2 is 1.40 bits per heavy atom. The Kier molecular flexibility index (Phi) is 20.8. The molecule has 0 aliphatic rings. The first-order chi connectivity index (χ1) is 3.39. The van der Waals surface area contributed by atoms with Crippen LogP contribution in [0.2, 0.25) is 0 Å². The van der Waals surface area contributed by atoms with E-state index in [2.05, 4.69) is 19.1 Å². The summed E-state index contributed by atoms with van der Waals surface area (Å²) in [5.74, 6) is 0. The van der Waals surface area contributed by atoms with Crippen molar-refractivity contribution in [3.63, 3.8) is 0 Å². The van der Waals surface area contributed by atoms with Crippen LogP contribution < -0.4 is 0 Å². The molecule has 0 amide bonds. The van der Waals surface area contributed by atoms with Gasteiger partial charge in [-0.3, -0.25) is 0 Å². The van der Waals surface area contributed by atoms with Gasteiger partial charge in [0.2, 0.25) is 0 Å². The second kappa shape index (κ2) is 11.4. The first kappa shape index (κ1) is 18.2. The van der Waals surface area contributed by atoms with E-state index in [1.165, 1.54) is 0 Å². The molecule has 0 saturated heterocycles. The van der Waals surface area contributed by atoms with Gasteiger partial charge in [0, 0.05) is 98.1 Å². The van der Waals surface area contributed by atoms with Gasteiger partial charge in [-0.05, 0) is 0 Å². The zero-order chi connectivity index (χ0) is 5.11. The molecule has 0 atom stereocenters. The summed E-state index contributed by atoms with van der Waals surface area (Å²) in [5, 5.41) is 0. The van der Waals surface area contributed by atoms with Crippen LogP contribution in [0.25, 0.3) is 0 Å². The molecule has 0 unspecified atom stereocenters. The van der Waals surface area contributed by atoms with E-state index in [0.717, 1.165) is 5.56 Å². The third-order valence-corrected chi connectivity index (χ3v) is 0.704. The van der Waals surface area contributed by atoms with E-state index in [1.54, 1.807) is 6.07 Å². The summed E-state index contributed by atoms with van der Waals surface area (Å²) in [6.45, 7) is 3.66. The number of hydrogen-bond acceptors (Lipinski definition) is 0. The van der Waals surface area contributed by atoms with Gasteiger partial charge >= 0.3 is 0 Å². The van der Waals surface area contributed by atoms with Crippen molar-refractivity contribution in [3.05, 3.63) is 42.8 Å². The molecule has 0 aromatic heterocycles. The summed E-state index contributed by atoms with van der Waals surface area (Å²) in [6.07, 6.45) is 0. The predicted octanol–water partition coefficient (Wildman–Crippen LogP) is 1.46. The van der Waals surface area contributed by atoms with E-state index < -0.39 is 0 Å². The molecule has 0 spiro atoms. The molecule has 10 heavy (non-hydrogen) atoms. The number of hydrogen-bond donors (Lipinski definition) is 0. The summed E-state index contributed by atoms with van der Waals surface area (Å²) in [6, 6.07) is 11.0. The van der Waals surface area contributed by atoms with Crippen LogP contribution in [0.5, 0.6) is 0 Å². The first-order valence-electron chi connectivity index (χ1n) is 2.09. The van der Waals surface area contributed by atoms with Crippen LogP contribution >= 0.6 is 0 Å². The molecule has 3 radical (unpaired) electrons. The van der Waals surface area contributed by atoms with Gasteiger partial charge in [0.05, 0.1) is 0 Å². The van der Waals surface area contributed by atoms with Crippen molar-refractivity contribution in [1.29, 1.82) is 0 Å². The fourth-order valence-electron chi connectivity index (χ4n) is 0.387. The van der Waals surface area contributed by atoms with Crippen molar-refractivity contribution in [2.75, 3.05) is 0 Å². The van der Waals surface area contributed by atoms with E-state index in [9.17, 15) is 0 Å². The van der Waals surface area contributed by atoms with E-state index in [1.807, 2.05) is 12.1 Å². The standard InChI is InChI=1S/C7H5.3Y/c1-7-5-3-2-4-6-7;;;/h2,5-6H,1H2;;;/q-3;;;. The fraction of sp³-hybridized carbons (Fsp3) is 0. The summed E-state index contributed by atoms with van der Waals surface area (Å²) in [4.78, 5) is 0. The third-order valence-electron chi connectivity index (χ3n) is 0.704. The largest absolute Gasteiger partial charge is 0.429 e. The van der Waals surface area contributed by atoms with Gasteiger partial charge in [-0.2, -0.15) is 0 Å². The van der Waals surface area contributed by atoms with Crippen molar-refractivity contribution in [1.82, 2.24) is 0 Å². The van der Waals surface area contributed by atoms with Crippen molar-refractivity contribution >= 4 is 0 Å². The molecule has 0 N–H and O–H groups in total. The van der Waals surface area contributed by atoms with Crippen LogP contribution in [-0.2, 0) is 98.1 Å². The molecule has 1 rings (SSSR count). The van der Waals surface area contributed by atoms with Gasteiger partial charge in [-0.15, -0.1) is 0 Å². The van der Waals surface area contributed by atoms with Gasteiger partial charge in [-0.1, -0.05) is 0 Å². The maximum absolute atomic E-state index is 3.66. The minimum absolute atomic E-state index is 0. The van der Waals surface area contributed by atoms with Gasteiger partial charge < -0.3 is 42.8 Å². The normalized spacial score (nSPS) is 6.00. The van der Waals surface area contributed by atoms with E-state index >= 15 is 0 Å². The molecule has 0 saturated carbocycles. The van der Waals surface area contributed by atoms with Gasteiger partial charge in [0.1, 0.15) is 0 Å². The van der Waals surface area contributed by atoms with Crippen LogP contribution in [0.1, 0.15) is 5.56 Å². The SMILES string of the molecule is [CH2-]c1c[c-]c[c-]c1.[Y].[Y].[Y]. The summed E-state index contributed by atoms with van der Waals surface area (Å²) < 4.78 is 0. The summed E-state index contributed by atoms with van der Waals surface area (Å²) in [5.41, 5.74) is 0.961. The quantitative estimate of drug-likeness (QED) is 0.618. The zero-order valence-corrected chi connectivity index (χ0v) is 14.2. The molecule has 0 heterocycles. The van der Waals surface area contributed by atoms with E-state index in [0.29, 0.717) is 0 Å². The second-order valence-corrected chi connectivity index (χ2v) is 1.34. The van der Waals surface area contributed by atoms with Crippen LogP contribution in [0.3, 0.4) is 0 Å². The van der Waals surface area contributed by atoms with Gasteiger partial charge in [0.15, 0.2) is 0 Å². The molecule has 45 valence electrons. The molecule has 0 aliphatic carbocycles. The van der Waals surface area contributed by atoms with E-state index in [4.69, 9.17) is 0 Å². The number of rotatable bonds is 0. The Morgan fingerprint density at radius 1 is 1.00 bits per heavy atom. The van der Waals surface area contributed by atoms with Crippen molar-refractivity contribution in [3.8, 4) is 0 Å².